The summed E-state index contributed by atoms with van der Waals surface area (Å²) in [6.07, 6.45) is 17.6. The van der Waals surface area contributed by atoms with Crippen molar-refractivity contribution in [3.05, 3.63) is 12.2 Å². The van der Waals surface area contributed by atoms with Gasteiger partial charge in [0.05, 0.1) is 14.4 Å². The van der Waals surface area contributed by atoms with Crippen LogP contribution in [0.4, 0.5) is 0 Å². The van der Waals surface area contributed by atoms with E-state index in [-0.39, 0.29) is 6.42 Å². The topological polar surface area (TPSA) is 139 Å². The van der Waals surface area contributed by atoms with Crippen LogP contribution in [0, 0.1) is 0 Å². The van der Waals surface area contributed by atoms with Crippen LogP contribution in [-0.2, 0) is 18.6 Å². The number of allylic oxidation sites excluding steroid dienone is 2. The molecule has 1 atom stereocenters. The molecular formula is C21H39O8P-2. The number of aliphatic hydroxyl groups excluding tert-OH is 2. The molecule has 0 aromatic carbocycles. The zero-order chi connectivity index (χ0) is 22.5. The lowest BCUT2D eigenvalue weighted by Crippen LogP contribution is -2.26. The van der Waals surface area contributed by atoms with E-state index in [0.717, 1.165) is 51.4 Å². The molecule has 2 N–H and O–H groups in total. The summed E-state index contributed by atoms with van der Waals surface area (Å²) in [5, 5.41) is 18.1. The van der Waals surface area contributed by atoms with E-state index in [4.69, 9.17) is 9.84 Å². The number of esters is 1. The number of ether oxygens (including phenoxy) is 1. The number of rotatable bonds is 21. The van der Waals surface area contributed by atoms with Crippen molar-refractivity contribution >= 4 is 13.8 Å². The van der Waals surface area contributed by atoms with Gasteiger partial charge in [-0.05, 0) is 38.5 Å². The van der Waals surface area contributed by atoms with Crippen molar-refractivity contribution in [3.8, 4) is 0 Å². The number of phosphoric ester groups is 1. The SMILES string of the molecule is O=C(CCCCCCC/C=C\CCCCCCCCO)OC[C@@H](O)COP(=O)([O-])[O-]. The summed E-state index contributed by atoms with van der Waals surface area (Å²) in [6.45, 7) is -0.800. The predicted octanol–water partition coefficient (Wildman–Crippen LogP) is 2.75. The van der Waals surface area contributed by atoms with E-state index in [1.807, 2.05) is 0 Å². The van der Waals surface area contributed by atoms with Gasteiger partial charge in [-0.1, -0.05) is 57.1 Å². The Morgan fingerprint density at radius 1 is 0.833 bits per heavy atom. The second-order valence-electron chi connectivity index (χ2n) is 7.49. The highest BCUT2D eigenvalue weighted by atomic mass is 31.2. The van der Waals surface area contributed by atoms with Gasteiger partial charge < -0.3 is 33.8 Å². The third-order valence-corrected chi connectivity index (χ3v) is 5.02. The molecule has 0 spiro atoms. The van der Waals surface area contributed by atoms with Crippen molar-refractivity contribution in [2.45, 2.75) is 96.0 Å². The smallest absolute Gasteiger partial charge is 0.305 e. The second-order valence-corrected chi connectivity index (χ2v) is 8.64. The fraction of sp³-hybridized carbons (Fsp3) is 0.857. The Balaban J connectivity index is 3.36. The summed E-state index contributed by atoms with van der Waals surface area (Å²) in [5.74, 6) is -0.460. The van der Waals surface area contributed by atoms with Gasteiger partial charge in [-0.2, -0.15) is 0 Å². The van der Waals surface area contributed by atoms with Gasteiger partial charge in [-0.25, -0.2) is 0 Å². The minimum absolute atomic E-state index is 0.245. The highest BCUT2D eigenvalue weighted by molar-refractivity contribution is 7.43. The van der Waals surface area contributed by atoms with Crippen LogP contribution in [0.3, 0.4) is 0 Å². The second kappa shape index (κ2) is 20.2. The van der Waals surface area contributed by atoms with Gasteiger partial charge in [0, 0.05) is 13.0 Å². The van der Waals surface area contributed by atoms with Crippen LogP contribution in [0.5, 0.6) is 0 Å². The lowest BCUT2D eigenvalue weighted by Gasteiger charge is -2.29. The molecule has 30 heavy (non-hydrogen) atoms. The van der Waals surface area contributed by atoms with E-state index >= 15 is 0 Å². The Bertz CT molecular complexity index is 478. The zero-order valence-electron chi connectivity index (χ0n) is 18.0. The molecule has 0 aromatic rings. The Labute approximate surface area is 180 Å². The molecule has 0 aliphatic heterocycles. The van der Waals surface area contributed by atoms with Crippen LogP contribution in [0.15, 0.2) is 12.2 Å². The fourth-order valence-corrected chi connectivity index (χ4v) is 3.22. The Kier molecular flexibility index (Phi) is 19.6. The molecule has 178 valence electrons. The third-order valence-electron chi connectivity index (χ3n) is 4.56. The van der Waals surface area contributed by atoms with Gasteiger partial charge in [0.2, 0.25) is 0 Å². The standard InChI is InChI=1S/C21H41O8P/c22-17-15-13-11-9-7-5-3-1-2-4-6-8-10-12-14-16-21(24)28-18-20(23)19-29-30(25,26)27/h1-2,20,22-23H,3-19H2,(H2,25,26,27)/p-2/b2-1-/t20-/m1/s1. The first-order valence-electron chi connectivity index (χ1n) is 11.1. The first kappa shape index (κ1) is 29.2. The highest BCUT2D eigenvalue weighted by Crippen LogP contribution is 2.24. The summed E-state index contributed by atoms with van der Waals surface area (Å²) in [7, 11) is -5.13. The predicted molar refractivity (Wildman–Crippen MR) is 111 cm³/mol. The van der Waals surface area contributed by atoms with Crippen molar-refractivity contribution in [2.75, 3.05) is 19.8 Å². The number of phosphoric acid groups is 1. The van der Waals surface area contributed by atoms with E-state index in [0.29, 0.717) is 13.0 Å². The largest absolute Gasteiger partial charge is 0.790 e. The molecule has 0 rings (SSSR count). The lowest BCUT2D eigenvalue weighted by atomic mass is 10.1. The quantitative estimate of drug-likeness (QED) is 0.118. The molecule has 0 amide bonds. The lowest BCUT2D eigenvalue weighted by molar-refractivity contribution is -0.342. The minimum Gasteiger partial charge on any atom is -0.790 e. The highest BCUT2D eigenvalue weighted by Gasteiger charge is 2.09. The molecule has 0 heterocycles. The van der Waals surface area contributed by atoms with Gasteiger partial charge in [0.25, 0.3) is 0 Å². The molecule has 0 aliphatic rings. The maximum absolute atomic E-state index is 11.5. The van der Waals surface area contributed by atoms with Crippen molar-refractivity contribution < 1.29 is 38.6 Å². The normalized spacial score (nSPS) is 13.1. The molecule has 9 heteroatoms. The molecule has 0 unspecified atom stereocenters. The molecule has 0 bridgehead atoms. The summed E-state index contributed by atoms with van der Waals surface area (Å²) < 4.78 is 19.0. The number of hydrogen-bond acceptors (Lipinski definition) is 8. The Morgan fingerprint density at radius 2 is 1.33 bits per heavy atom. The molecular weight excluding hydrogens is 411 g/mol. The van der Waals surface area contributed by atoms with E-state index in [1.165, 1.54) is 25.7 Å². The first-order valence-corrected chi connectivity index (χ1v) is 12.6. The first-order chi connectivity index (χ1) is 14.3. The van der Waals surface area contributed by atoms with Crippen LogP contribution in [0.1, 0.15) is 89.9 Å². The number of carbonyl (C=O) groups is 1. The van der Waals surface area contributed by atoms with Gasteiger partial charge in [-0.15, -0.1) is 0 Å². The number of unbranched alkanes of at least 4 members (excludes halogenated alkanes) is 11. The summed E-state index contributed by atoms with van der Waals surface area (Å²) in [4.78, 5) is 32.1. The molecule has 0 aromatic heterocycles. The molecule has 0 saturated carbocycles. The molecule has 8 nitrogen and oxygen atoms in total. The van der Waals surface area contributed by atoms with Crippen molar-refractivity contribution in [1.29, 1.82) is 0 Å². The number of hydrogen-bond donors (Lipinski definition) is 2. The number of carbonyl (C=O) groups excluding carboxylic acids is 1. The van der Waals surface area contributed by atoms with Crippen LogP contribution < -0.4 is 9.79 Å². The van der Waals surface area contributed by atoms with Crippen molar-refractivity contribution in [2.24, 2.45) is 0 Å². The van der Waals surface area contributed by atoms with Crippen LogP contribution >= 0.6 is 7.82 Å². The van der Waals surface area contributed by atoms with Crippen LogP contribution in [0.25, 0.3) is 0 Å². The van der Waals surface area contributed by atoms with Crippen molar-refractivity contribution in [1.82, 2.24) is 0 Å². The summed E-state index contributed by atoms with van der Waals surface area (Å²) in [5.41, 5.74) is 0. The summed E-state index contributed by atoms with van der Waals surface area (Å²) >= 11 is 0. The maximum atomic E-state index is 11.5. The third kappa shape index (κ3) is 23.5. The minimum atomic E-state index is -5.13. The Hall–Kier alpha value is -0.760. The maximum Gasteiger partial charge on any atom is 0.305 e. The Morgan fingerprint density at radius 3 is 1.87 bits per heavy atom. The number of aliphatic hydroxyl groups is 2. The average Bonchev–Trinajstić information content (AvgIpc) is 2.69. The molecule has 0 fully saturated rings. The zero-order valence-corrected chi connectivity index (χ0v) is 18.9. The monoisotopic (exact) mass is 450 g/mol. The molecule has 0 aliphatic carbocycles. The van der Waals surface area contributed by atoms with E-state index in [9.17, 15) is 24.3 Å². The van der Waals surface area contributed by atoms with Crippen molar-refractivity contribution in [3.63, 3.8) is 0 Å². The molecule has 0 saturated heterocycles. The van der Waals surface area contributed by atoms with E-state index in [1.54, 1.807) is 0 Å². The van der Waals surface area contributed by atoms with Gasteiger partial charge >= 0.3 is 5.97 Å². The fourth-order valence-electron chi connectivity index (χ4n) is 2.87. The molecule has 0 radical (unpaired) electrons. The van der Waals surface area contributed by atoms with Crippen LogP contribution in [0.2, 0.25) is 0 Å². The van der Waals surface area contributed by atoms with Gasteiger partial charge in [0.1, 0.15) is 12.7 Å². The van der Waals surface area contributed by atoms with Crippen LogP contribution in [-0.4, -0.2) is 42.1 Å². The van der Waals surface area contributed by atoms with E-state index in [2.05, 4.69) is 16.7 Å². The van der Waals surface area contributed by atoms with Gasteiger partial charge in [-0.3, -0.25) is 4.79 Å². The van der Waals surface area contributed by atoms with Gasteiger partial charge in [0.15, 0.2) is 0 Å². The average molecular weight is 451 g/mol. The summed E-state index contributed by atoms with van der Waals surface area (Å²) in [6, 6.07) is 0. The van der Waals surface area contributed by atoms with E-state index < -0.39 is 33.1 Å².